The Morgan fingerprint density at radius 1 is 1.45 bits per heavy atom. The number of amides is 1. The van der Waals surface area contributed by atoms with E-state index in [4.69, 9.17) is 9.84 Å². The molecule has 104 valence electrons. The molecule has 0 aromatic carbocycles. The molecule has 2 rings (SSSR count). The zero-order valence-corrected chi connectivity index (χ0v) is 11.7. The Labute approximate surface area is 119 Å². The lowest BCUT2D eigenvalue weighted by atomic mass is 10.2. The molecule has 7 heteroatoms. The number of nitrogens with one attached hydrogen (secondary N) is 1. The van der Waals surface area contributed by atoms with Crippen LogP contribution in [-0.4, -0.2) is 29.1 Å². The number of nitrogens with zero attached hydrogens (tertiary/aromatic N) is 1. The molecule has 0 unspecified atom stereocenters. The highest BCUT2D eigenvalue weighted by Gasteiger charge is 2.16. The number of aromatic carboxylic acids is 1. The van der Waals surface area contributed by atoms with Crippen molar-refractivity contribution in [3.8, 4) is 5.75 Å². The van der Waals surface area contributed by atoms with Crippen molar-refractivity contribution in [3.05, 3.63) is 40.5 Å². The van der Waals surface area contributed by atoms with Crippen molar-refractivity contribution in [2.45, 2.75) is 6.92 Å². The molecule has 1 amide bonds. The average Bonchev–Trinajstić information content (AvgIpc) is 2.79. The summed E-state index contributed by atoms with van der Waals surface area (Å²) in [5.41, 5.74) is 0.949. The summed E-state index contributed by atoms with van der Waals surface area (Å²) in [7, 11) is 1.45. The molecule has 0 aliphatic heterocycles. The number of aromatic nitrogens is 1. The first kappa shape index (κ1) is 14.0. The summed E-state index contributed by atoms with van der Waals surface area (Å²) in [4.78, 5) is 27.2. The molecule has 0 radical (unpaired) electrons. The van der Waals surface area contributed by atoms with E-state index in [1.807, 2.05) is 0 Å². The van der Waals surface area contributed by atoms with Gasteiger partial charge < -0.3 is 15.2 Å². The maximum atomic E-state index is 12.1. The van der Waals surface area contributed by atoms with E-state index in [0.717, 1.165) is 11.3 Å². The second-order valence-electron chi connectivity index (χ2n) is 3.96. The van der Waals surface area contributed by atoms with Crippen LogP contribution in [-0.2, 0) is 0 Å². The number of hydrogen-bond donors (Lipinski definition) is 2. The number of carboxylic acids is 1. The average molecular weight is 292 g/mol. The number of carbonyl (C=O) groups is 2. The van der Waals surface area contributed by atoms with Crippen molar-refractivity contribution in [3.63, 3.8) is 0 Å². The maximum absolute atomic E-state index is 12.1. The Morgan fingerprint density at radius 2 is 2.20 bits per heavy atom. The minimum absolute atomic E-state index is 0.210. The first-order chi connectivity index (χ1) is 9.52. The molecule has 0 atom stereocenters. The SMILES string of the molecule is COc1cnccc1C(=O)Nc1cc(C)c(C(=O)O)s1. The number of carbonyl (C=O) groups excluding carboxylic acids is 1. The van der Waals surface area contributed by atoms with Crippen molar-refractivity contribution in [2.75, 3.05) is 12.4 Å². The number of carboxylic acid groups (broad SMARTS) is 1. The smallest absolute Gasteiger partial charge is 0.346 e. The molecule has 6 nitrogen and oxygen atoms in total. The van der Waals surface area contributed by atoms with Gasteiger partial charge in [0, 0.05) is 6.20 Å². The third-order valence-electron chi connectivity index (χ3n) is 2.60. The standard InChI is InChI=1S/C13H12N2O4S/c1-7-5-10(20-11(7)13(17)18)15-12(16)8-3-4-14-6-9(8)19-2/h3-6H,1-2H3,(H,15,16)(H,17,18). The van der Waals surface area contributed by atoms with Crippen molar-refractivity contribution >= 4 is 28.2 Å². The summed E-state index contributed by atoms with van der Waals surface area (Å²) >= 11 is 1.02. The van der Waals surface area contributed by atoms with E-state index in [0.29, 0.717) is 21.9 Å². The Kier molecular flexibility index (Phi) is 3.99. The van der Waals surface area contributed by atoms with Crippen LogP contribution in [0.1, 0.15) is 25.6 Å². The van der Waals surface area contributed by atoms with Crippen LogP contribution in [0.25, 0.3) is 0 Å². The zero-order valence-electron chi connectivity index (χ0n) is 10.8. The molecule has 2 N–H and O–H groups in total. The van der Waals surface area contributed by atoms with Gasteiger partial charge in [0.1, 0.15) is 10.6 Å². The minimum Gasteiger partial charge on any atom is -0.494 e. The topological polar surface area (TPSA) is 88.5 Å². The largest absolute Gasteiger partial charge is 0.494 e. The second kappa shape index (κ2) is 5.70. The van der Waals surface area contributed by atoms with Gasteiger partial charge in [0.2, 0.25) is 0 Å². The third-order valence-corrected chi connectivity index (χ3v) is 3.74. The number of methoxy groups -OCH3 is 1. The Hall–Kier alpha value is -2.41. The molecule has 20 heavy (non-hydrogen) atoms. The monoisotopic (exact) mass is 292 g/mol. The van der Waals surface area contributed by atoms with Crippen LogP contribution in [0, 0.1) is 6.92 Å². The number of aryl methyl sites for hydroxylation is 1. The Bertz CT molecular complexity index is 666. The van der Waals surface area contributed by atoms with Gasteiger partial charge in [0.15, 0.2) is 0 Å². The summed E-state index contributed by atoms with van der Waals surface area (Å²) < 4.78 is 5.06. The van der Waals surface area contributed by atoms with Gasteiger partial charge in [-0.15, -0.1) is 11.3 Å². The fraction of sp³-hybridized carbons (Fsp3) is 0.154. The molecule has 0 saturated heterocycles. The molecule has 0 saturated carbocycles. The quantitative estimate of drug-likeness (QED) is 0.903. The first-order valence-corrected chi connectivity index (χ1v) is 6.47. The predicted octanol–water partition coefficient (Wildman–Crippen LogP) is 2.41. The van der Waals surface area contributed by atoms with Crippen molar-refractivity contribution in [1.82, 2.24) is 4.98 Å². The molecule has 0 aliphatic carbocycles. The van der Waals surface area contributed by atoms with Crippen LogP contribution in [0.3, 0.4) is 0 Å². The van der Waals surface area contributed by atoms with E-state index < -0.39 is 5.97 Å². The van der Waals surface area contributed by atoms with Gasteiger partial charge in [-0.2, -0.15) is 0 Å². The zero-order chi connectivity index (χ0) is 14.7. The van der Waals surface area contributed by atoms with E-state index >= 15 is 0 Å². The molecule has 2 heterocycles. The van der Waals surface area contributed by atoms with E-state index in [9.17, 15) is 9.59 Å². The number of anilines is 1. The van der Waals surface area contributed by atoms with Gasteiger partial charge in [0.25, 0.3) is 5.91 Å². The fourth-order valence-corrected chi connectivity index (χ4v) is 2.57. The fourth-order valence-electron chi connectivity index (χ4n) is 1.67. The van der Waals surface area contributed by atoms with Crippen LogP contribution in [0.15, 0.2) is 24.5 Å². The molecule has 2 aromatic heterocycles. The Morgan fingerprint density at radius 3 is 2.80 bits per heavy atom. The van der Waals surface area contributed by atoms with Crippen LogP contribution < -0.4 is 10.1 Å². The summed E-state index contributed by atoms with van der Waals surface area (Å²) in [6.07, 6.45) is 2.93. The third kappa shape index (κ3) is 2.77. The number of ether oxygens (including phenoxy) is 1. The number of hydrogen-bond acceptors (Lipinski definition) is 5. The summed E-state index contributed by atoms with van der Waals surface area (Å²) in [5.74, 6) is -1.02. The van der Waals surface area contributed by atoms with Gasteiger partial charge in [-0.3, -0.25) is 9.78 Å². The normalized spacial score (nSPS) is 10.1. The molecule has 0 aliphatic rings. The molecule has 0 spiro atoms. The first-order valence-electron chi connectivity index (χ1n) is 5.66. The number of pyridine rings is 1. The van der Waals surface area contributed by atoms with Crippen molar-refractivity contribution in [1.29, 1.82) is 0 Å². The summed E-state index contributed by atoms with van der Waals surface area (Å²) in [5, 5.41) is 12.1. The highest BCUT2D eigenvalue weighted by Crippen LogP contribution is 2.27. The van der Waals surface area contributed by atoms with Crippen LogP contribution in [0.4, 0.5) is 5.00 Å². The Balaban J connectivity index is 2.24. The van der Waals surface area contributed by atoms with Gasteiger partial charge in [-0.05, 0) is 24.6 Å². The van der Waals surface area contributed by atoms with E-state index in [-0.39, 0.29) is 10.8 Å². The molecule has 0 bridgehead atoms. The lowest BCUT2D eigenvalue weighted by Gasteiger charge is -2.06. The van der Waals surface area contributed by atoms with Gasteiger partial charge in [0.05, 0.1) is 23.9 Å². The molecular formula is C13H12N2O4S. The lowest BCUT2D eigenvalue weighted by Crippen LogP contribution is -2.12. The highest BCUT2D eigenvalue weighted by molar-refractivity contribution is 7.18. The van der Waals surface area contributed by atoms with Crippen molar-refractivity contribution in [2.24, 2.45) is 0 Å². The van der Waals surface area contributed by atoms with Crippen molar-refractivity contribution < 1.29 is 19.4 Å². The minimum atomic E-state index is -1.01. The summed E-state index contributed by atoms with van der Waals surface area (Å²) in [6, 6.07) is 3.16. The number of rotatable bonds is 4. The second-order valence-corrected chi connectivity index (χ2v) is 5.01. The lowest BCUT2D eigenvalue weighted by molar-refractivity contribution is 0.0701. The number of thiophene rings is 1. The van der Waals surface area contributed by atoms with E-state index in [1.165, 1.54) is 25.6 Å². The van der Waals surface area contributed by atoms with Crippen LogP contribution in [0.2, 0.25) is 0 Å². The molecular weight excluding hydrogens is 280 g/mol. The molecule has 0 fully saturated rings. The van der Waals surface area contributed by atoms with Gasteiger partial charge in [-0.25, -0.2) is 4.79 Å². The van der Waals surface area contributed by atoms with E-state index in [2.05, 4.69) is 10.3 Å². The van der Waals surface area contributed by atoms with Gasteiger partial charge >= 0.3 is 5.97 Å². The van der Waals surface area contributed by atoms with E-state index in [1.54, 1.807) is 13.0 Å². The highest BCUT2D eigenvalue weighted by atomic mass is 32.1. The van der Waals surface area contributed by atoms with Crippen LogP contribution >= 0.6 is 11.3 Å². The van der Waals surface area contributed by atoms with Crippen LogP contribution in [0.5, 0.6) is 5.75 Å². The maximum Gasteiger partial charge on any atom is 0.346 e. The van der Waals surface area contributed by atoms with Gasteiger partial charge in [-0.1, -0.05) is 0 Å². The molecule has 2 aromatic rings. The predicted molar refractivity (Wildman–Crippen MR) is 74.8 cm³/mol. The summed E-state index contributed by atoms with van der Waals surface area (Å²) in [6.45, 7) is 1.68.